The van der Waals surface area contributed by atoms with Gasteiger partial charge in [-0.25, -0.2) is 4.98 Å². The molecular weight excluding hydrogens is 363 g/mol. The van der Waals surface area contributed by atoms with E-state index in [-0.39, 0.29) is 11.9 Å². The minimum atomic E-state index is 0.00219. The van der Waals surface area contributed by atoms with Crippen LogP contribution in [0.3, 0.4) is 0 Å². The van der Waals surface area contributed by atoms with E-state index in [1.54, 1.807) is 24.5 Å². The summed E-state index contributed by atoms with van der Waals surface area (Å²) >= 11 is 2.28. The van der Waals surface area contributed by atoms with Gasteiger partial charge in [-0.15, -0.1) is 0 Å². The Morgan fingerprint density at radius 2 is 2.05 bits per heavy atom. The molecular formula is C15H18IN3O. The molecule has 5 heteroatoms. The molecule has 20 heavy (non-hydrogen) atoms. The van der Waals surface area contributed by atoms with Crippen molar-refractivity contribution in [3.63, 3.8) is 0 Å². The summed E-state index contributed by atoms with van der Waals surface area (Å²) in [6.45, 7) is 4.72. The highest BCUT2D eigenvalue weighted by molar-refractivity contribution is 14.1. The fraction of sp³-hybridized carbons (Fsp3) is 0.333. The molecule has 0 bridgehead atoms. The summed E-state index contributed by atoms with van der Waals surface area (Å²) in [6.07, 6.45) is 3.36. The molecule has 2 aromatic rings. The third-order valence-electron chi connectivity index (χ3n) is 3.48. The van der Waals surface area contributed by atoms with E-state index in [9.17, 15) is 4.79 Å². The van der Waals surface area contributed by atoms with Crippen LogP contribution in [0.15, 0.2) is 36.8 Å². The molecule has 4 nitrogen and oxygen atoms in total. The van der Waals surface area contributed by atoms with Crippen molar-refractivity contribution < 1.29 is 4.79 Å². The van der Waals surface area contributed by atoms with Gasteiger partial charge in [0, 0.05) is 17.2 Å². The molecule has 0 spiro atoms. The van der Waals surface area contributed by atoms with Crippen LogP contribution >= 0.6 is 22.6 Å². The first kappa shape index (κ1) is 15.0. The number of rotatable bonds is 4. The summed E-state index contributed by atoms with van der Waals surface area (Å²) in [4.78, 5) is 18.1. The number of nitrogens with zero attached hydrogens (tertiary/aromatic N) is 3. The lowest BCUT2D eigenvalue weighted by atomic mass is 10.1. The zero-order valence-corrected chi connectivity index (χ0v) is 14.0. The van der Waals surface area contributed by atoms with E-state index in [4.69, 9.17) is 0 Å². The second-order valence-corrected chi connectivity index (χ2v) is 5.98. The quantitative estimate of drug-likeness (QED) is 0.763. The van der Waals surface area contributed by atoms with E-state index >= 15 is 0 Å². The van der Waals surface area contributed by atoms with Gasteiger partial charge < -0.3 is 9.47 Å². The van der Waals surface area contributed by atoms with Gasteiger partial charge in [0.25, 0.3) is 5.91 Å². The van der Waals surface area contributed by atoms with Crippen LogP contribution in [0.25, 0.3) is 0 Å². The SMILES string of the molecule is CCN(C)C(=O)c1cncn1[C@H](C)c1ccc([125I])cc1. The fourth-order valence-electron chi connectivity index (χ4n) is 2.02. The van der Waals surface area contributed by atoms with Crippen molar-refractivity contribution in [3.05, 3.63) is 51.6 Å². The third kappa shape index (κ3) is 3.03. The number of carbonyl (C=O) groups excluding carboxylic acids is 1. The van der Waals surface area contributed by atoms with Gasteiger partial charge in [0.15, 0.2) is 0 Å². The lowest BCUT2D eigenvalue weighted by Crippen LogP contribution is -2.29. The molecule has 1 atom stereocenters. The van der Waals surface area contributed by atoms with Crippen molar-refractivity contribution in [2.45, 2.75) is 19.9 Å². The van der Waals surface area contributed by atoms with Crippen LogP contribution in [0.5, 0.6) is 0 Å². The molecule has 106 valence electrons. The monoisotopic (exact) mass is 381 g/mol. The van der Waals surface area contributed by atoms with E-state index in [2.05, 4.69) is 58.8 Å². The Labute approximate surface area is 133 Å². The highest BCUT2D eigenvalue weighted by atomic mass is 125. The molecule has 1 aromatic carbocycles. The Morgan fingerprint density at radius 1 is 1.40 bits per heavy atom. The Bertz CT molecular complexity index is 591. The molecule has 0 N–H and O–H groups in total. The van der Waals surface area contributed by atoms with Gasteiger partial charge in [-0.3, -0.25) is 4.79 Å². The Hall–Kier alpha value is -1.37. The predicted octanol–water partition coefficient (Wildman–Crippen LogP) is 3.19. The molecule has 0 radical (unpaired) electrons. The van der Waals surface area contributed by atoms with Crippen LogP contribution in [0.1, 0.15) is 35.9 Å². The number of hydrogen-bond acceptors (Lipinski definition) is 2. The lowest BCUT2D eigenvalue weighted by Gasteiger charge is -2.20. The van der Waals surface area contributed by atoms with Crippen LogP contribution in [-0.4, -0.2) is 34.0 Å². The van der Waals surface area contributed by atoms with Gasteiger partial charge in [0.1, 0.15) is 5.69 Å². The number of hydrogen-bond donors (Lipinski definition) is 0. The second kappa shape index (κ2) is 6.39. The minimum absolute atomic E-state index is 0.00219. The van der Waals surface area contributed by atoms with E-state index in [1.165, 1.54) is 3.57 Å². The van der Waals surface area contributed by atoms with E-state index in [0.29, 0.717) is 12.2 Å². The lowest BCUT2D eigenvalue weighted by molar-refractivity contribution is 0.0790. The summed E-state index contributed by atoms with van der Waals surface area (Å²) in [6, 6.07) is 8.40. The molecule has 0 saturated heterocycles. The van der Waals surface area contributed by atoms with Crippen molar-refractivity contribution in [2.75, 3.05) is 13.6 Å². The number of aromatic nitrogens is 2. The van der Waals surface area contributed by atoms with Crippen molar-refractivity contribution in [1.82, 2.24) is 14.5 Å². The third-order valence-corrected chi connectivity index (χ3v) is 4.20. The number of amides is 1. The topological polar surface area (TPSA) is 38.1 Å². The molecule has 1 amide bonds. The summed E-state index contributed by atoms with van der Waals surface area (Å²) in [5, 5.41) is 0. The number of imidazole rings is 1. The maximum Gasteiger partial charge on any atom is 0.271 e. The average molecular weight is 381 g/mol. The Kier molecular flexibility index (Phi) is 4.80. The number of carbonyl (C=O) groups is 1. The van der Waals surface area contributed by atoms with Gasteiger partial charge >= 0.3 is 0 Å². The summed E-state index contributed by atoms with van der Waals surface area (Å²) in [7, 11) is 1.80. The van der Waals surface area contributed by atoms with Crippen LogP contribution in [0.4, 0.5) is 0 Å². The van der Waals surface area contributed by atoms with Crippen LogP contribution in [-0.2, 0) is 0 Å². The van der Waals surface area contributed by atoms with Crippen molar-refractivity contribution >= 4 is 28.5 Å². The number of halogens is 1. The van der Waals surface area contributed by atoms with Crippen LogP contribution in [0.2, 0.25) is 0 Å². The van der Waals surface area contributed by atoms with E-state index < -0.39 is 0 Å². The summed E-state index contributed by atoms with van der Waals surface area (Å²) in [5.74, 6) is 0.00219. The summed E-state index contributed by atoms with van der Waals surface area (Å²) in [5.41, 5.74) is 1.79. The molecule has 0 fully saturated rings. The summed E-state index contributed by atoms with van der Waals surface area (Å²) < 4.78 is 3.13. The van der Waals surface area contributed by atoms with Crippen LogP contribution < -0.4 is 0 Å². The van der Waals surface area contributed by atoms with Gasteiger partial charge in [0.05, 0.1) is 18.6 Å². The second-order valence-electron chi connectivity index (χ2n) is 4.73. The molecule has 0 saturated carbocycles. The fourth-order valence-corrected chi connectivity index (χ4v) is 2.38. The number of benzene rings is 1. The van der Waals surface area contributed by atoms with Gasteiger partial charge in [0.2, 0.25) is 0 Å². The largest absolute Gasteiger partial charge is 0.341 e. The van der Waals surface area contributed by atoms with Gasteiger partial charge in [-0.2, -0.15) is 0 Å². The first-order valence-corrected chi connectivity index (χ1v) is 7.65. The highest BCUT2D eigenvalue weighted by Gasteiger charge is 2.19. The minimum Gasteiger partial charge on any atom is -0.341 e. The molecule has 1 heterocycles. The molecule has 0 unspecified atom stereocenters. The van der Waals surface area contributed by atoms with E-state index in [1.807, 2.05) is 11.5 Å². The van der Waals surface area contributed by atoms with Crippen molar-refractivity contribution in [3.8, 4) is 0 Å². The maximum absolute atomic E-state index is 12.3. The first-order valence-electron chi connectivity index (χ1n) is 6.57. The smallest absolute Gasteiger partial charge is 0.271 e. The van der Waals surface area contributed by atoms with Crippen LogP contribution in [0, 0.1) is 3.57 Å². The molecule has 1 aromatic heterocycles. The normalized spacial score (nSPS) is 12.2. The highest BCUT2D eigenvalue weighted by Crippen LogP contribution is 2.21. The van der Waals surface area contributed by atoms with E-state index in [0.717, 1.165) is 5.56 Å². The zero-order valence-electron chi connectivity index (χ0n) is 11.9. The first-order chi connectivity index (χ1) is 9.54. The standard InChI is InChI=1S/C15H18IN3O/c1-4-18(3)15(20)14-9-17-10-19(14)11(2)12-5-7-13(16)8-6-12/h5-11H,4H2,1-3H3/t11-/m1/s1/i16-2. The van der Waals surface area contributed by atoms with Gasteiger partial charge in [-0.1, -0.05) is 12.1 Å². The molecule has 0 aliphatic heterocycles. The van der Waals surface area contributed by atoms with Crippen molar-refractivity contribution in [2.24, 2.45) is 0 Å². The average Bonchev–Trinajstić information content (AvgIpc) is 2.95. The van der Waals surface area contributed by atoms with Gasteiger partial charge in [-0.05, 0) is 54.1 Å². The zero-order chi connectivity index (χ0) is 14.7. The Balaban J connectivity index is 2.32. The molecule has 0 aliphatic rings. The molecule has 0 aliphatic carbocycles. The molecule has 2 rings (SSSR count). The predicted molar refractivity (Wildman–Crippen MR) is 87.8 cm³/mol. The maximum atomic E-state index is 12.3. The van der Waals surface area contributed by atoms with Crippen molar-refractivity contribution in [1.29, 1.82) is 0 Å². The Morgan fingerprint density at radius 3 is 2.65 bits per heavy atom.